The monoisotopic (exact) mass is 531 g/mol. The average Bonchev–Trinajstić information content (AvgIpc) is 3.13. The Kier molecular flexibility index (Phi) is 8.68. The number of aliphatic hydroxyl groups is 1. The Bertz CT molecular complexity index is 1140. The maximum Gasteiger partial charge on any atom is 0.323 e. The van der Waals surface area contributed by atoms with Crippen molar-refractivity contribution in [2.45, 2.75) is 50.6 Å². The Morgan fingerprint density at radius 3 is 2.39 bits per heavy atom. The van der Waals surface area contributed by atoms with E-state index >= 15 is 0 Å². The van der Waals surface area contributed by atoms with E-state index < -0.39 is 47.8 Å². The van der Waals surface area contributed by atoms with E-state index in [9.17, 15) is 20.0 Å². The van der Waals surface area contributed by atoms with Gasteiger partial charge in [0.1, 0.15) is 18.1 Å². The molecule has 3 rings (SSSR count). The highest BCUT2D eigenvalue weighted by Gasteiger charge is 2.60. The van der Waals surface area contributed by atoms with Crippen LogP contribution in [0.15, 0.2) is 48.5 Å². The number of carbonyl (C=O) groups excluding carboxylic acids is 2. The molecule has 2 aromatic carbocycles. The van der Waals surface area contributed by atoms with Crippen molar-refractivity contribution < 1.29 is 19.4 Å². The van der Waals surface area contributed by atoms with Crippen LogP contribution in [-0.4, -0.2) is 42.3 Å². The summed E-state index contributed by atoms with van der Waals surface area (Å²) >= 11 is 12.5. The molecule has 4 N–H and O–H groups in total. The van der Waals surface area contributed by atoms with Crippen LogP contribution in [0.4, 0.5) is 0 Å². The number of carbonyl (C=O) groups is 2. The summed E-state index contributed by atoms with van der Waals surface area (Å²) < 4.78 is 5.47. The number of nitrogens with one attached hydrogen (secondary N) is 1. The third kappa shape index (κ3) is 5.84. The number of nitriles is 1. The molecule has 5 atom stereocenters. The highest BCUT2D eigenvalue weighted by atomic mass is 35.5. The molecule has 36 heavy (non-hydrogen) atoms. The smallest absolute Gasteiger partial charge is 0.323 e. The summed E-state index contributed by atoms with van der Waals surface area (Å²) in [7, 11) is 0. The van der Waals surface area contributed by atoms with Crippen LogP contribution < -0.4 is 11.1 Å². The molecule has 0 bridgehead atoms. The van der Waals surface area contributed by atoms with Gasteiger partial charge >= 0.3 is 5.97 Å². The van der Waals surface area contributed by atoms with Crippen LogP contribution in [0.3, 0.4) is 0 Å². The van der Waals surface area contributed by atoms with E-state index in [0.717, 1.165) is 0 Å². The van der Waals surface area contributed by atoms with E-state index in [0.29, 0.717) is 27.6 Å². The molecule has 1 saturated heterocycles. The lowest BCUT2D eigenvalue weighted by atomic mass is 9.63. The van der Waals surface area contributed by atoms with Gasteiger partial charge in [0.2, 0.25) is 5.91 Å². The predicted octanol–water partition coefficient (Wildman–Crippen LogP) is 3.95. The number of ether oxygens (including phenoxy) is 1. The summed E-state index contributed by atoms with van der Waals surface area (Å²) in [5, 5.41) is 24.6. The maximum atomic E-state index is 13.5. The number of amides is 1. The number of hydrogen-bond acceptors (Lipinski definition) is 6. The van der Waals surface area contributed by atoms with Crippen LogP contribution in [0.25, 0.3) is 0 Å². The molecular formula is C27H31Cl2N3O4. The van der Waals surface area contributed by atoms with Gasteiger partial charge in [0, 0.05) is 22.0 Å². The molecule has 7 nitrogen and oxygen atoms in total. The van der Waals surface area contributed by atoms with Crippen LogP contribution in [-0.2, 0) is 19.7 Å². The number of aliphatic hydroxyl groups excluding tert-OH is 1. The zero-order chi connectivity index (χ0) is 26.7. The van der Waals surface area contributed by atoms with E-state index in [1.807, 2.05) is 18.2 Å². The minimum Gasteiger partial charge on any atom is -0.464 e. The van der Waals surface area contributed by atoms with Crippen LogP contribution in [0, 0.1) is 22.7 Å². The van der Waals surface area contributed by atoms with Gasteiger partial charge in [-0.15, -0.1) is 0 Å². The first-order valence-corrected chi connectivity index (χ1v) is 12.4. The predicted molar refractivity (Wildman–Crippen MR) is 138 cm³/mol. The largest absolute Gasteiger partial charge is 0.464 e. The Morgan fingerprint density at radius 1 is 1.19 bits per heavy atom. The molecule has 1 aliphatic rings. The van der Waals surface area contributed by atoms with Crippen LogP contribution in [0.1, 0.15) is 44.2 Å². The van der Waals surface area contributed by atoms with Gasteiger partial charge in [0.25, 0.3) is 0 Å². The molecule has 1 fully saturated rings. The SMILES string of the molecule is CC(C)(C)C[C@@H]1N[C@@H](C(=O)OCC(CO)C(N)=O)[C@H](c2cccc(Cl)c2)[C@@]1(C#N)c1ccc(Cl)cc1. The van der Waals surface area contributed by atoms with E-state index in [-0.39, 0.29) is 12.0 Å². The van der Waals surface area contributed by atoms with Crippen molar-refractivity contribution in [2.24, 2.45) is 17.1 Å². The second-order valence-corrected chi connectivity index (χ2v) is 11.3. The summed E-state index contributed by atoms with van der Waals surface area (Å²) in [6, 6.07) is 15.3. The molecule has 1 unspecified atom stereocenters. The fourth-order valence-corrected chi connectivity index (χ4v) is 5.26. The summed E-state index contributed by atoms with van der Waals surface area (Å²) in [5.41, 5.74) is 5.34. The fourth-order valence-electron chi connectivity index (χ4n) is 4.93. The maximum absolute atomic E-state index is 13.5. The number of esters is 1. The van der Waals surface area contributed by atoms with Gasteiger partial charge in [-0.25, -0.2) is 0 Å². The topological polar surface area (TPSA) is 125 Å². The van der Waals surface area contributed by atoms with Crippen molar-refractivity contribution in [2.75, 3.05) is 13.2 Å². The zero-order valence-electron chi connectivity index (χ0n) is 20.5. The zero-order valence-corrected chi connectivity index (χ0v) is 22.0. The lowest BCUT2D eigenvalue weighted by Gasteiger charge is -2.37. The van der Waals surface area contributed by atoms with E-state index in [1.165, 1.54) is 0 Å². The lowest BCUT2D eigenvalue weighted by Crippen LogP contribution is -2.44. The quantitative estimate of drug-likeness (QED) is 0.442. The lowest BCUT2D eigenvalue weighted by molar-refractivity contribution is -0.149. The second kappa shape index (κ2) is 11.2. The van der Waals surface area contributed by atoms with E-state index in [1.54, 1.807) is 30.3 Å². The minimum absolute atomic E-state index is 0.183. The minimum atomic E-state index is -1.17. The van der Waals surface area contributed by atoms with Crippen LogP contribution >= 0.6 is 23.2 Å². The van der Waals surface area contributed by atoms with Crippen molar-refractivity contribution in [3.63, 3.8) is 0 Å². The third-order valence-corrected chi connectivity index (χ3v) is 7.08. The fraction of sp³-hybridized carbons (Fsp3) is 0.444. The van der Waals surface area contributed by atoms with Gasteiger partial charge in [-0.2, -0.15) is 5.26 Å². The number of benzene rings is 2. The first-order valence-electron chi connectivity index (χ1n) is 11.7. The highest BCUT2D eigenvalue weighted by molar-refractivity contribution is 6.30. The van der Waals surface area contributed by atoms with Gasteiger partial charge in [-0.3, -0.25) is 14.9 Å². The third-order valence-electron chi connectivity index (χ3n) is 6.59. The van der Waals surface area contributed by atoms with Crippen molar-refractivity contribution in [1.29, 1.82) is 5.26 Å². The summed E-state index contributed by atoms with van der Waals surface area (Å²) in [4.78, 5) is 25.0. The first-order chi connectivity index (χ1) is 16.9. The van der Waals surface area contributed by atoms with Crippen molar-refractivity contribution in [3.05, 3.63) is 69.7 Å². The molecule has 1 aliphatic heterocycles. The van der Waals surface area contributed by atoms with Gasteiger partial charge in [0.15, 0.2) is 0 Å². The molecule has 0 saturated carbocycles. The van der Waals surface area contributed by atoms with Crippen molar-refractivity contribution in [3.8, 4) is 6.07 Å². The number of nitrogens with zero attached hydrogens (tertiary/aromatic N) is 1. The molecule has 0 radical (unpaired) electrons. The molecule has 0 aromatic heterocycles. The van der Waals surface area contributed by atoms with E-state index in [2.05, 4.69) is 32.2 Å². The molecule has 9 heteroatoms. The van der Waals surface area contributed by atoms with Gasteiger partial charge in [-0.05, 0) is 47.2 Å². The van der Waals surface area contributed by atoms with Crippen molar-refractivity contribution in [1.82, 2.24) is 5.32 Å². The molecule has 2 aromatic rings. The summed E-state index contributed by atoms with van der Waals surface area (Å²) in [6.45, 7) is 5.29. The summed E-state index contributed by atoms with van der Waals surface area (Å²) in [6.07, 6.45) is 0.574. The van der Waals surface area contributed by atoms with Crippen LogP contribution in [0.5, 0.6) is 0 Å². The normalized spacial score (nSPS) is 24.6. The number of primary amides is 1. The Balaban J connectivity index is 2.17. The van der Waals surface area contributed by atoms with Gasteiger partial charge < -0.3 is 15.6 Å². The number of nitrogens with two attached hydrogens (primary N) is 1. The molecule has 0 aliphatic carbocycles. The highest BCUT2D eigenvalue weighted by Crippen LogP contribution is 2.51. The molecule has 0 spiro atoms. The van der Waals surface area contributed by atoms with Crippen LogP contribution in [0.2, 0.25) is 10.0 Å². The molecular weight excluding hydrogens is 501 g/mol. The first kappa shape index (κ1) is 27.9. The van der Waals surface area contributed by atoms with E-state index in [4.69, 9.17) is 33.7 Å². The Labute approximate surface area is 221 Å². The second-order valence-electron chi connectivity index (χ2n) is 10.4. The van der Waals surface area contributed by atoms with Gasteiger partial charge in [0.05, 0.1) is 18.6 Å². The number of halogens is 2. The Morgan fingerprint density at radius 2 is 1.86 bits per heavy atom. The van der Waals surface area contributed by atoms with Crippen molar-refractivity contribution >= 4 is 35.1 Å². The molecule has 192 valence electrons. The molecule has 1 heterocycles. The molecule has 1 amide bonds. The Hall–Kier alpha value is -2.63. The summed E-state index contributed by atoms with van der Waals surface area (Å²) in [5.74, 6) is -3.12. The van der Waals surface area contributed by atoms with Gasteiger partial charge in [-0.1, -0.05) is 68.2 Å². The average molecular weight is 532 g/mol. The standard InChI is InChI=1S/C27H31Cl2N3O4/c1-26(2,3)12-21-27(15-30,18-7-9-19(28)10-8-18)22(16-5-4-6-20(29)11-16)23(32-21)25(35)36-14-17(13-33)24(31)34/h4-11,17,21-23,32-33H,12-14H2,1-3H3,(H2,31,34)/t17?,21-,22-,23+,27-/m0/s1. The number of rotatable bonds is 8. The number of hydrogen-bond donors (Lipinski definition) is 3.